The van der Waals surface area contributed by atoms with Crippen LogP contribution < -0.4 is 14.2 Å². The maximum absolute atomic E-state index is 11.8. The Bertz CT molecular complexity index is 678. The van der Waals surface area contributed by atoms with Gasteiger partial charge in [0.05, 0.1) is 12.5 Å². The summed E-state index contributed by atoms with van der Waals surface area (Å²) < 4.78 is 15.9. The van der Waals surface area contributed by atoms with Crippen LogP contribution in [0.4, 0.5) is 0 Å². The van der Waals surface area contributed by atoms with Crippen molar-refractivity contribution in [1.29, 1.82) is 0 Å². The zero-order valence-electron chi connectivity index (χ0n) is 12.7. The average molecular weight is 298 g/mol. The number of aldehydes is 1. The van der Waals surface area contributed by atoms with Gasteiger partial charge in [-0.15, -0.1) is 0 Å². The lowest BCUT2D eigenvalue weighted by Crippen LogP contribution is -2.26. The van der Waals surface area contributed by atoms with Gasteiger partial charge < -0.3 is 19.0 Å². The van der Waals surface area contributed by atoms with Crippen LogP contribution in [0.1, 0.15) is 18.1 Å². The summed E-state index contributed by atoms with van der Waals surface area (Å²) in [5, 5.41) is 0. The molecule has 0 saturated heterocycles. The van der Waals surface area contributed by atoms with Crippen LogP contribution in [-0.2, 0) is 16.6 Å². The molecule has 2 aromatic carbocycles. The van der Waals surface area contributed by atoms with Crippen LogP contribution in [0.3, 0.4) is 0 Å². The summed E-state index contributed by atoms with van der Waals surface area (Å²) in [5.74, 6) is 2.22. The Kier molecular flexibility index (Phi) is 3.75. The Labute approximate surface area is 129 Å². The van der Waals surface area contributed by atoms with E-state index in [0.717, 1.165) is 28.9 Å². The van der Waals surface area contributed by atoms with Gasteiger partial charge in [-0.2, -0.15) is 0 Å². The number of benzene rings is 2. The van der Waals surface area contributed by atoms with Crippen LogP contribution in [0, 0.1) is 0 Å². The molecule has 4 heteroatoms. The molecule has 1 aliphatic rings. The predicted molar refractivity (Wildman–Crippen MR) is 82.7 cm³/mol. The molecular weight excluding hydrogens is 280 g/mol. The van der Waals surface area contributed by atoms with Gasteiger partial charge in [-0.3, -0.25) is 0 Å². The molecule has 4 nitrogen and oxygen atoms in total. The summed E-state index contributed by atoms with van der Waals surface area (Å²) in [6.45, 7) is 2.16. The molecule has 1 aliphatic heterocycles. The van der Waals surface area contributed by atoms with Crippen LogP contribution >= 0.6 is 0 Å². The first-order valence-corrected chi connectivity index (χ1v) is 7.14. The lowest BCUT2D eigenvalue weighted by molar-refractivity contribution is -0.112. The monoisotopic (exact) mass is 298 g/mol. The molecule has 1 unspecified atom stereocenters. The largest absolute Gasteiger partial charge is 0.497 e. The third-order valence-corrected chi connectivity index (χ3v) is 4.02. The third-order valence-electron chi connectivity index (χ3n) is 4.02. The van der Waals surface area contributed by atoms with Crippen LogP contribution in [0.2, 0.25) is 0 Å². The van der Waals surface area contributed by atoms with E-state index >= 15 is 0 Å². The molecule has 0 fully saturated rings. The summed E-state index contributed by atoms with van der Waals surface area (Å²) in [4.78, 5) is 11.8. The third kappa shape index (κ3) is 2.64. The van der Waals surface area contributed by atoms with Gasteiger partial charge in [0.2, 0.25) is 6.79 Å². The first-order chi connectivity index (χ1) is 10.6. The molecule has 22 heavy (non-hydrogen) atoms. The van der Waals surface area contributed by atoms with E-state index in [1.54, 1.807) is 7.11 Å². The summed E-state index contributed by atoms with van der Waals surface area (Å²) in [6, 6.07) is 13.4. The Hall–Kier alpha value is -2.49. The Morgan fingerprint density at radius 3 is 2.55 bits per heavy atom. The van der Waals surface area contributed by atoms with Crippen molar-refractivity contribution in [2.24, 2.45) is 0 Å². The lowest BCUT2D eigenvalue weighted by atomic mass is 9.78. The van der Waals surface area contributed by atoms with Crippen LogP contribution in [-0.4, -0.2) is 20.2 Å². The molecule has 0 spiro atoms. The molecule has 1 heterocycles. The van der Waals surface area contributed by atoms with Crippen molar-refractivity contribution in [2.45, 2.75) is 18.8 Å². The number of hydrogen-bond donors (Lipinski definition) is 0. The average Bonchev–Trinajstić information content (AvgIpc) is 3.03. The lowest BCUT2D eigenvalue weighted by Gasteiger charge is -2.24. The van der Waals surface area contributed by atoms with Gasteiger partial charge in [-0.05, 0) is 48.7 Å². The van der Waals surface area contributed by atoms with Gasteiger partial charge >= 0.3 is 0 Å². The fourth-order valence-corrected chi connectivity index (χ4v) is 2.63. The minimum atomic E-state index is -0.616. The van der Waals surface area contributed by atoms with Crippen LogP contribution in [0.15, 0.2) is 42.5 Å². The van der Waals surface area contributed by atoms with E-state index in [4.69, 9.17) is 14.2 Å². The van der Waals surface area contributed by atoms with E-state index in [2.05, 4.69) is 0 Å². The number of rotatable bonds is 5. The van der Waals surface area contributed by atoms with E-state index in [9.17, 15) is 4.79 Å². The highest BCUT2D eigenvalue weighted by atomic mass is 16.7. The fourth-order valence-electron chi connectivity index (χ4n) is 2.63. The SMILES string of the molecule is COc1ccc(CC(C)(C=O)c2ccc3c(c2)OCO3)cc1. The van der Waals surface area contributed by atoms with E-state index in [0.29, 0.717) is 12.2 Å². The normalized spacial score (nSPS) is 15.2. The molecule has 0 saturated carbocycles. The van der Waals surface area contributed by atoms with E-state index in [1.807, 2.05) is 49.4 Å². The highest BCUT2D eigenvalue weighted by molar-refractivity contribution is 5.70. The number of ether oxygens (including phenoxy) is 3. The van der Waals surface area contributed by atoms with Crippen molar-refractivity contribution in [3.63, 3.8) is 0 Å². The van der Waals surface area contributed by atoms with Gasteiger partial charge in [-0.25, -0.2) is 0 Å². The molecule has 0 radical (unpaired) electrons. The van der Waals surface area contributed by atoms with Gasteiger partial charge in [-0.1, -0.05) is 18.2 Å². The minimum Gasteiger partial charge on any atom is -0.497 e. The highest BCUT2D eigenvalue weighted by Gasteiger charge is 2.28. The van der Waals surface area contributed by atoms with Crippen molar-refractivity contribution >= 4 is 6.29 Å². The zero-order chi connectivity index (χ0) is 15.6. The molecular formula is C18H18O4. The molecule has 0 amide bonds. The van der Waals surface area contributed by atoms with Crippen molar-refractivity contribution in [2.75, 3.05) is 13.9 Å². The topological polar surface area (TPSA) is 44.8 Å². The van der Waals surface area contributed by atoms with Gasteiger partial charge in [0.1, 0.15) is 12.0 Å². The molecule has 1 atom stereocenters. The molecule has 0 aromatic heterocycles. The van der Waals surface area contributed by atoms with Crippen LogP contribution in [0.25, 0.3) is 0 Å². The second-order valence-electron chi connectivity index (χ2n) is 5.63. The second-order valence-corrected chi connectivity index (χ2v) is 5.63. The summed E-state index contributed by atoms with van der Waals surface area (Å²) >= 11 is 0. The number of methoxy groups -OCH3 is 1. The Morgan fingerprint density at radius 1 is 1.14 bits per heavy atom. The van der Waals surface area contributed by atoms with E-state index < -0.39 is 5.41 Å². The first-order valence-electron chi connectivity index (χ1n) is 7.14. The fraction of sp³-hybridized carbons (Fsp3) is 0.278. The molecule has 0 aliphatic carbocycles. The maximum Gasteiger partial charge on any atom is 0.231 e. The molecule has 2 aromatic rings. The Morgan fingerprint density at radius 2 is 1.86 bits per heavy atom. The second kappa shape index (κ2) is 5.72. The van der Waals surface area contributed by atoms with E-state index in [-0.39, 0.29) is 6.79 Å². The summed E-state index contributed by atoms with van der Waals surface area (Å²) in [7, 11) is 1.64. The number of carbonyl (C=O) groups is 1. The quantitative estimate of drug-likeness (QED) is 0.796. The predicted octanol–water partition coefficient (Wildman–Crippen LogP) is 3.12. The van der Waals surface area contributed by atoms with Crippen molar-refractivity contribution in [1.82, 2.24) is 0 Å². The zero-order valence-corrected chi connectivity index (χ0v) is 12.7. The minimum absolute atomic E-state index is 0.231. The molecule has 0 bridgehead atoms. The van der Waals surface area contributed by atoms with Crippen LogP contribution in [0.5, 0.6) is 17.2 Å². The molecule has 114 valence electrons. The standard InChI is InChI=1S/C18H18O4/c1-18(11-19,10-13-3-6-15(20-2)7-4-13)14-5-8-16-17(9-14)22-12-21-16/h3-9,11H,10,12H2,1-2H3. The van der Waals surface area contributed by atoms with Crippen molar-refractivity contribution in [3.05, 3.63) is 53.6 Å². The molecule has 0 N–H and O–H groups in total. The summed E-state index contributed by atoms with van der Waals surface area (Å²) in [5.41, 5.74) is 1.38. The first kappa shape index (κ1) is 14.4. The van der Waals surface area contributed by atoms with Gasteiger partial charge in [0, 0.05) is 0 Å². The highest BCUT2D eigenvalue weighted by Crippen LogP contribution is 2.37. The number of carbonyl (C=O) groups excluding carboxylic acids is 1. The van der Waals surface area contributed by atoms with Crippen molar-refractivity contribution in [3.8, 4) is 17.2 Å². The van der Waals surface area contributed by atoms with Crippen molar-refractivity contribution < 1.29 is 19.0 Å². The molecule has 3 rings (SSSR count). The summed E-state index contributed by atoms with van der Waals surface area (Å²) in [6.07, 6.45) is 1.61. The number of hydrogen-bond acceptors (Lipinski definition) is 4. The van der Waals surface area contributed by atoms with Gasteiger partial charge in [0.15, 0.2) is 11.5 Å². The Balaban J connectivity index is 1.88. The van der Waals surface area contributed by atoms with Gasteiger partial charge in [0.25, 0.3) is 0 Å². The maximum atomic E-state index is 11.8. The smallest absolute Gasteiger partial charge is 0.231 e. The number of fused-ring (bicyclic) bond motifs is 1. The van der Waals surface area contributed by atoms with E-state index in [1.165, 1.54) is 0 Å².